The smallest absolute Gasteiger partial charge is 0.257 e. The molecule has 1 aliphatic rings. The Bertz CT molecular complexity index is 982. The standard InChI is InChI=1S/C17H17N5O2/c18-17-20-13-6-7-22(9-12(13)16(24)21-17)8-11-5-4-10-2-1-3-14(23)15(10)19-11/h1-5,23H,6-9H2,(H3,18,20,21,24). The van der Waals surface area contributed by atoms with E-state index in [2.05, 4.69) is 19.9 Å². The number of aromatic nitrogens is 3. The van der Waals surface area contributed by atoms with Crippen molar-refractivity contribution in [1.82, 2.24) is 19.9 Å². The Kier molecular flexibility index (Phi) is 3.42. The largest absolute Gasteiger partial charge is 0.506 e. The van der Waals surface area contributed by atoms with E-state index >= 15 is 0 Å². The molecule has 0 radical (unpaired) electrons. The number of pyridine rings is 1. The van der Waals surface area contributed by atoms with Crippen molar-refractivity contribution in [3.05, 3.63) is 57.6 Å². The number of aromatic amines is 1. The molecule has 4 N–H and O–H groups in total. The first-order chi connectivity index (χ1) is 11.6. The Morgan fingerprint density at radius 2 is 2.12 bits per heavy atom. The predicted octanol–water partition coefficient (Wildman–Crippen LogP) is 1.16. The van der Waals surface area contributed by atoms with Gasteiger partial charge in [-0.3, -0.25) is 14.7 Å². The van der Waals surface area contributed by atoms with Crippen LogP contribution in [-0.4, -0.2) is 31.5 Å². The Balaban J connectivity index is 1.60. The molecule has 1 aromatic carbocycles. The van der Waals surface area contributed by atoms with E-state index in [1.807, 2.05) is 18.2 Å². The van der Waals surface area contributed by atoms with Gasteiger partial charge >= 0.3 is 0 Å². The van der Waals surface area contributed by atoms with E-state index in [1.165, 1.54) is 0 Å². The van der Waals surface area contributed by atoms with Crippen LogP contribution in [0.15, 0.2) is 35.1 Å². The van der Waals surface area contributed by atoms with Gasteiger partial charge in [0.25, 0.3) is 5.56 Å². The zero-order valence-electron chi connectivity index (χ0n) is 13.0. The molecule has 0 amide bonds. The first-order valence-electron chi connectivity index (χ1n) is 7.77. The fourth-order valence-electron chi connectivity index (χ4n) is 3.12. The zero-order valence-corrected chi connectivity index (χ0v) is 13.0. The van der Waals surface area contributed by atoms with Crippen LogP contribution in [-0.2, 0) is 19.5 Å². The molecule has 122 valence electrons. The van der Waals surface area contributed by atoms with Crippen LogP contribution in [0.2, 0.25) is 0 Å². The number of benzene rings is 1. The Morgan fingerprint density at radius 1 is 1.25 bits per heavy atom. The lowest BCUT2D eigenvalue weighted by atomic mass is 10.1. The Labute approximate surface area is 137 Å². The second-order valence-corrected chi connectivity index (χ2v) is 5.99. The number of para-hydroxylation sites is 1. The lowest BCUT2D eigenvalue weighted by Crippen LogP contribution is -2.35. The summed E-state index contributed by atoms with van der Waals surface area (Å²) in [6.45, 7) is 1.90. The van der Waals surface area contributed by atoms with E-state index in [1.54, 1.807) is 12.1 Å². The molecule has 0 atom stereocenters. The van der Waals surface area contributed by atoms with E-state index < -0.39 is 0 Å². The molecule has 0 spiro atoms. The Hall–Kier alpha value is -2.93. The van der Waals surface area contributed by atoms with E-state index in [0.29, 0.717) is 30.6 Å². The van der Waals surface area contributed by atoms with Gasteiger partial charge in [-0.15, -0.1) is 0 Å². The van der Waals surface area contributed by atoms with Crippen LogP contribution in [0.1, 0.15) is 17.0 Å². The van der Waals surface area contributed by atoms with Gasteiger partial charge < -0.3 is 10.8 Å². The number of rotatable bonds is 2. The van der Waals surface area contributed by atoms with Crippen molar-refractivity contribution < 1.29 is 5.11 Å². The molecule has 0 saturated carbocycles. The number of phenols is 1. The van der Waals surface area contributed by atoms with Crippen LogP contribution in [0.3, 0.4) is 0 Å². The third kappa shape index (κ3) is 2.59. The molecule has 0 fully saturated rings. The number of fused-ring (bicyclic) bond motifs is 2. The van der Waals surface area contributed by atoms with Crippen molar-refractivity contribution in [3.8, 4) is 5.75 Å². The van der Waals surface area contributed by atoms with Crippen molar-refractivity contribution >= 4 is 16.9 Å². The average molecular weight is 323 g/mol. The maximum absolute atomic E-state index is 12.1. The van der Waals surface area contributed by atoms with Crippen molar-refractivity contribution in [1.29, 1.82) is 0 Å². The molecule has 7 heteroatoms. The molecule has 0 unspecified atom stereocenters. The van der Waals surface area contributed by atoms with Crippen LogP contribution in [0.25, 0.3) is 10.9 Å². The number of anilines is 1. The number of nitrogens with two attached hydrogens (primary N) is 1. The van der Waals surface area contributed by atoms with Crippen molar-refractivity contribution in [3.63, 3.8) is 0 Å². The topological polar surface area (TPSA) is 108 Å². The summed E-state index contributed by atoms with van der Waals surface area (Å²) >= 11 is 0. The molecule has 0 saturated heterocycles. The second kappa shape index (κ2) is 5.61. The van der Waals surface area contributed by atoms with E-state index in [0.717, 1.165) is 23.3 Å². The highest BCUT2D eigenvalue weighted by Crippen LogP contribution is 2.23. The lowest BCUT2D eigenvalue weighted by molar-refractivity contribution is 0.239. The summed E-state index contributed by atoms with van der Waals surface area (Å²) in [7, 11) is 0. The van der Waals surface area contributed by atoms with Gasteiger partial charge in [-0.2, -0.15) is 0 Å². The monoisotopic (exact) mass is 323 g/mol. The van der Waals surface area contributed by atoms with Gasteiger partial charge in [0.1, 0.15) is 11.3 Å². The van der Waals surface area contributed by atoms with Gasteiger partial charge in [0.2, 0.25) is 5.95 Å². The number of nitrogen functional groups attached to an aromatic ring is 1. The minimum absolute atomic E-state index is 0.166. The van der Waals surface area contributed by atoms with Crippen LogP contribution in [0, 0.1) is 0 Å². The molecular weight excluding hydrogens is 306 g/mol. The van der Waals surface area contributed by atoms with Crippen LogP contribution in [0.4, 0.5) is 5.95 Å². The summed E-state index contributed by atoms with van der Waals surface area (Å²) in [6, 6.07) is 9.24. The highest BCUT2D eigenvalue weighted by molar-refractivity contribution is 5.84. The summed E-state index contributed by atoms with van der Waals surface area (Å²) < 4.78 is 0. The maximum atomic E-state index is 12.1. The van der Waals surface area contributed by atoms with Gasteiger partial charge in [0, 0.05) is 31.4 Å². The number of aromatic hydroxyl groups is 1. The molecule has 0 bridgehead atoms. The average Bonchev–Trinajstić information content (AvgIpc) is 2.56. The van der Waals surface area contributed by atoms with Crippen LogP contribution >= 0.6 is 0 Å². The number of hydrogen-bond acceptors (Lipinski definition) is 6. The van der Waals surface area contributed by atoms with Crippen LogP contribution < -0.4 is 11.3 Å². The SMILES string of the molecule is Nc1nc2c(c(=O)[nH]1)CN(Cc1ccc3cccc(O)c3n1)CC2. The fraction of sp³-hybridized carbons (Fsp3) is 0.235. The molecule has 0 aliphatic carbocycles. The van der Waals surface area contributed by atoms with Gasteiger partial charge in [-0.1, -0.05) is 18.2 Å². The number of nitrogens with one attached hydrogen (secondary N) is 1. The van der Waals surface area contributed by atoms with Crippen molar-refractivity contribution in [2.75, 3.05) is 12.3 Å². The summed E-state index contributed by atoms with van der Waals surface area (Å²) in [5, 5.41) is 10.9. The first kappa shape index (κ1) is 14.6. The molecule has 3 heterocycles. The highest BCUT2D eigenvalue weighted by atomic mass is 16.3. The van der Waals surface area contributed by atoms with E-state index in [-0.39, 0.29) is 17.3 Å². The summed E-state index contributed by atoms with van der Waals surface area (Å²) in [5.41, 5.74) is 8.31. The zero-order chi connectivity index (χ0) is 16.7. The normalized spacial score (nSPS) is 14.7. The van der Waals surface area contributed by atoms with Crippen molar-refractivity contribution in [2.24, 2.45) is 0 Å². The maximum Gasteiger partial charge on any atom is 0.257 e. The fourth-order valence-corrected chi connectivity index (χ4v) is 3.12. The number of phenolic OH excluding ortho intramolecular Hbond substituents is 1. The van der Waals surface area contributed by atoms with E-state index in [9.17, 15) is 9.90 Å². The molecule has 7 nitrogen and oxygen atoms in total. The van der Waals surface area contributed by atoms with Gasteiger partial charge in [0.05, 0.1) is 17.0 Å². The third-order valence-electron chi connectivity index (χ3n) is 4.31. The second-order valence-electron chi connectivity index (χ2n) is 5.99. The number of H-pyrrole nitrogens is 1. The number of hydrogen-bond donors (Lipinski definition) is 3. The van der Waals surface area contributed by atoms with E-state index in [4.69, 9.17) is 5.73 Å². The highest BCUT2D eigenvalue weighted by Gasteiger charge is 2.21. The summed E-state index contributed by atoms with van der Waals surface area (Å²) in [4.78, 5) is 25.5. The minimum atomic E-state index is -0.175. The molecular formula is C17H17N5O2. The molecule has 24 heavy (non-hydrogen) atoms. The third-order valence-corrected chi connectivity index (χ3v) is 4.31. The van der Waals surface area contributed by atoms with Gasteiger partial charge in [0.15, 0.2) is 0 Å². The molecule has 4 rings (SSSR count). The Morgan fingerprint density at radius 3 is 3.00 bits per heavy atom. The first-order valence-corrected chi connectivity index (χ1v) is 7.77. The molecule has 3 aromatic rings. The molecule has 1 aliphatic heterocycles. The number of nitrogens with zero attached hydrogens (tertiary/aromatic N) is 3. The minimum Gasteiger partial charge on any atom is -0.506 e. The molecule has 2 aromatic heterocycles. The predicted molar refractivity (Wildman–Crippen MR) is 90.5 cm³/mol. The summed E-state index contributed by atoms with van der Waals surface area (Å²) in [5.74, 6) is 0.341. The summed E-state index contributed by atoms with van der Waals surface area (Å²) in [6.07, 6.45) is 0.683. The quantitative estimate of drug-likeness (QED) is 0.653. The van der Waals surface area contributed by atoms with Crippen LogP contribution in [0.5, 0.6) is 5.75 Å². The van der Waals surface area contributed by atoms with Crippen molar-refractivity contribution in [2.45, 2.75) is 19.5 Å². The van der Waals surface area contributed by atoms with Gasteiger partial charge in [-0.25, -0.2) is 9.97 Å². The van der Waals surface area contributed by atoms with Gasteiger partial charge in [-0.05, 0) is 12.1 Å². The lowest BCUT2D eigenvalue weighted by Gasteiger charge is -2.27.